The van der Waals surface area contributed by atoms with E-state index in [9.17, 15) is 0 Å². The van der Waals surface area contributed by atoms with Gasteiger partial charge in [0.25, 0.3) is 0 Å². The fourth-order valence-electron chi connectivity index (χ4n) is 2.79. The van der Waals surface area contributed by atoms with Crippen molar-refractivity contribution in [2.45, 2.75) is 67.6 Å². The van der Waals surface area contributed by atoms with Crippen LogP contribution in [-0.4, -0.2) is 19.3 Å². The highest BCUT2D eigenvalue weighted by Crippen LogP contribution is 2.14. The van der Waals surface area contributed by atoms with Crippen LogP contribution < -0.4 is 11.1 Å². The second-order valence-electron chi connectivity index (χ2n) is 7.79. The third-order valence-electron chi connectivity index (χ3n) is 4.53. The number of nitrogens with one attached hydrogen (secondary N) is 1. The highest BCUT2D eigenvalue weighted by atomic mass is 16.5. The molecule has 1 rings (SSSR count). The molecule has 0 aliphatic heterocycles. The molecule has 0 saturated carbocycles. The molecule has 5 nitrogen and oxygen atoms in total. The van der Waals surface area contributed by atoms with Crippen molar-refractivity contribution in [3.05, 3.63) is 108 Å². The van der Waals surface area contributed by atoms with Crippen molar-refractivity contribution >= 4 is 0 Å². The lowest BCUT2D eigenvalue weighted by molar-refractivity contribution is 0.152. The van der Waals surface area contributed by atoms with Gasteiger partial charge in [0.05, 0.1) is 18.5 Å². The zero-order valence-electron chi connectivity index (χ0n) is 22.8. The minimum Gasteiger partial charge on any atom is -0.494 e. The summed E-state index contributed by atoms with van der Waals surface area (Å²) in [4.78, 5) is 0. The van der Waals surface area contributed by atoms with Crippen molar-refractivity contribution in [2.75, 3.05) is 13.2 Å². The summed E-state index contributed by atoms with van der Waals surface area (Å²) in [6.45, 7) is 23.3. The third kappa shape index (κ3) is 14.5. The van der Waals surface area contributed by atoms with Gasteiger partial charge in [0.15, 0.2) is 0 Å². The minimum atomic E-state index is 0.0411. The lowest BCUT2D eigenvalue weighted by Crippen LogP contribution is -2.22. The zero-order valence-corrected chi connectivity index (χ0v) is 22.8. The lowest BCUT2D eigenvalue weighted by Gasteiger charge is -2.14. The summed E-state index contributed by atoms with van der Waals surface area (Å²) in [5.74, 6) is 2.66. The van der Waals surface area contributed by atoms with Crippen molar-refractivity contribution in [1.29, 1.82) is 0 Å². The summed E-state index contributed by atoms with van der Waals surface area (Å²) in [5, 5.41) is 3.25. The molecule has 0 unspecified atom stereocenters. The standard InChI is InChI=1S/C28H40N2O3.C2H6/c1-8-26(32-20-25-14-11-10-12-15-25)19-27(33-21(3)4)16-13-17-30-28(29)23(6)18-22(5)24(7)31-9-2;1-2/h8,10-12,14-16,18-19,21,30H,1,7,9,13,17,20,29H2,2-6H3;1-2H3/b22-18+,26-19+,27-16+,28-23+;. The van der Waals surface area contributed by atoms with Gasteiger partial charge in [-0.2, -0.15) is 0 Å². The molecule has 0 radical (unpaired) electrons. The van der Waals surface area contributed by atoms with Gasteiger partial charge >= 0.3 is 0 Å². The Balaban J connectivity index is 0.00000562. The van der Waals surface area contributed by atoms with Gasteiger partial charge in [0.2, 0.25) is 0 Å². The van der Waals surface area contributed by atoms with Crippen LogP contribution in [-0.2, 0) is 20.8 Å². The number of ether oxygens (including phenoxy) is 3. The molecule has 0 amide bonds. The number of allylic oxidation sites excluding steroid dienone is 5. The normalized spacial score (nSPS) is 12.7. The quantitative estimate of drug-likeness (QED) is 0.156. The smallest absolute Gasteiger partial charge is 0.122 e. The maximum absolute atomic E-state index is 6.19. The highest BCUT2D eigenvalue weighted by Gasteiger charge is 2.04. The first kappa shape index (κ1) is 31.7. The second-order valence-corrected chi connectivity index (χ2v) is 7.79. The van der Waals surface area contributed by atoms with Crippen molar-refractivity contribution < 1.29 is 14.2 Å². The minimum absolute atomic E-state index is 0.0411. The van der Waals surface area contributed by atoms with E-state index in [1.54, 1.807) is 6.08 Å². The SMILES string of the molecule is C=C/C(=C\C(=C/CCN/C(N)=C(C)/C=C(\C)C(=C)OCC)OC(C)C)OCc1ccccc1.CC. The molecule has 0 atom stereocenters. The Bertz CT molecular complexity index is 878. The molecule has 0 fully saturated rings. The van der Waals surface area contributed by atoms with Gasteiger partial charge in [0, 0.05) is 12.6 Å². The van der Waals surface area contributed by atoms with Crippen LogP contribution in [0.2, 0.25) is 0 Å². The van der Waals surface area contributed by atoms with Gasteiger partial charge in [-0.15, -0.1) is 0 Å². The maximum Gasteiger partial charge on any atom is 0.122 e. The molecule has 0 aromatic heterocycles. The Morgan fingerprint density at radius 3 is 2.29 bits per heavy atom. The van der Waals surface area contributed by atoms with Gasteiger partial charge in [0.1, 0.15) is 23.9 Å². The molecule has 0 spiro atoms. The second kappa shape index (κ2) is 19.0. The summed E-state index contributed by atoms with van der Waals surface area (Å²) >= 11 is 0. The summed E-state index contributed by atoms with van der Waals surface area (Å²) in [6.07, 6.45) is 8.30. The van der Waals surface area contributed by atoms with E-state index in [1.165, 1.54) is 0 Å². The van der Waals surface area contributed by atoms with E-state index in [4.69, 9.17) is 19.9 Å². The van der Waals surface area contributed by atoms with Crippen LogP contribution in [0.15, 0.2) is 102 Å². The molecule has 1 aromatic carbocycles. The van der Waals surface area contributed by atoms with Gasteiger partial charge in [-0.1, -0.05) is 57.3 Å². The fourth-order valence-corrected chi connectivity index (χ4v) is 2.79. The number of nitrogens with two attached hydrogens (primary N) is 1. The first-order valence-corrected chi connectivity index (χ1v) is 12.3. The molecule has 194 valence electrons. The molecule has 5 heteroatoms. The van der Waals surface area contributed by atoms with Crippen LogP contribution in [0.25, 0.3) is 0 Å². The van der Waals surface area contributed by atoms with Gasteiger partial charge in [-0.25, -0.2) is 0 Å². The third-order valence-corrected chi connectivity index (χ3v) is 4.53. The van der Waals surface area contributed by atoms with E-state index in [-0.39, 0.29) is 6.10 Å². The Kier molecular flexibility index (Phi) is 17.2. The van der Waals surface area contributed by atoms with Crippen LogP contribution in [0.5, 0.6) is 0 Å². The van der Waals surface area contributed by atoms with Crippen molar-refractivity contribution in [3.8, 4) is 0 Å². The summed E-state index contributed by atoms with van der Waals surface area (Å²) in [7, 11) is 0. The molecule has 0 bridgehead atoms. The van der Waals surface area contributed by atoms with Crippen LogP contribution >= 0.6 is 0 Å². The predicted molar refractivity (Wildman–Crippen MR) is 149 cm³/mol. The van der Waals surface area contributed by atoms with Crippen LogP contribution in [0.3, 0.4) is 0 Å². The molecule has 1 aromatic rings. The van der Waals surface area contributed by atoms with Crippen molar-refractivity contribution in [2.24, 2.45) is 5.73 Å². The molecule has 3 N–H and O–H groups in total. The molecule has 0 saturated heterocycles. The van der Waals surface area contributed by atoms with Gasteiger partial charge < -0.3 is 25.3 Å². The Hall–Kier alpha value is -3.34. The Morgan fingerprint density at radius 2 is 1.71 bits per heavy atom. The molecular formula is C30H46N2O3. The highest BCUT2D eigenvalue weighted by molar-refractivity contribution is 5.32. The topological polar surface area (TPSA) is 65.7 Å². The predicted octanol–water partition coefficient (Wildman–Crippen LogP) is 7.27. The van der Waals surface area contributed by atoms with E-state index in [2.05, 4.69) is 18.5 Å². The zero-order chi connectivity index (χ0) is 26.6. The summed E-state index contributed by atoms with van der Waals surface area (Å²) in [6, 6.07) is 10.0. The van der Waals surface area contributed by atoms with Crippen LogP contribution in [0.1, 0.15) is 60.5 Å². The number of benzene rings is 1. The number of hydrogen-bond acceptors (Lipinski definition) is 5. The lowest BCUT2D eigenvalue weighted by atomic mass is 10.1. The van der Waals surface area contributed by atoms with Crippen LogP contribution in [0, 0.1) is 0 Å². The average Bonchev–Trinajstić information content (AvgIpc) is 2.85. The average molecular weight is 483 g/mol. The molecule has 0 heterocycles. The molecule has 35 heavy (non-hydrogen) atoms. The largest absolute Gasteiger partial charge is 0.494 e. The van der Waals surface area contributed by atoms with Gasteiger partial charge in [-0.3, -0.25) is 0 Å². The number of rotatable bonds is 15. The van der Waals surface area contributed by atoms with E-state index in [1.807, 2.05) is 97.0 Å². The fraction of sp³-hybridized carbons (Fsp3) is 0.400. The molecule has 0 aliphatic rings. The van der Waals surface area contributed by atoms with E-state index < -0.39 is 0 Å². The maximum atomic E-state index is 6.19. The Morgan fingerprint density at radius 1 is 1.06 bits per heavy atom. The molecule has 0 aliphatic carbocycles. The first-order valence-electron chi connectivity index (χ1n) is 12.3. The van der Waals surface area contributed by atoms with E-state index in [0.717, 1.165) is 28.9 Å². The van der Waals surface area contributed by atoms with E-state index >= 15 is 0 Å². The van der Waals surface area contributed by atoms with Gasteiger partial charge in [-0.05, 0) is 76.0 Å². The molecular weight excluding hydrogens is 436 g/mol. The number of hydrogen-bond donors (Lipinski definition) is 2. The Labute approximate surface area is 213 Å². The van der Waals surface area contributed by atoms with Crippen molar-refractivity contribution in [3.63, 3.8) is 0 Å². The monoisotopic (exact) mass is 482 g/mol. The summed E-state index contributed by atoms with van der Waals surface area (Å²) in [5.41, 5.74) is 9.16. The summed E-state index contributed by atoms with van der Waals surface area (Å²) < 4.78 is 17.3. The first-order chi connectivity index (χ1) is 16.8. The van der Waals surface area contributed by atoms with Crippen LogP contribution in [0.4, 0.5) is 0 Å². The van der Waals surface area contributed by atoms with E-state index in [0.29, 0.717) is 37.1 Å². The van der Waals surface area contributed by atoms with Crippen molar-refractivity contribution in [1.82, 2.24) is 5.32 Å².